The molecule has 0 aliphatic carbocycles. The molecule has 6 nitrogen and oxygen atoms in total. The first-order chi connectivity index (χ1) is 13.0. The highest BCUT2D eigenvalue weighted by Crippen LogP contribution is 2.29. The predicted octanol–water partition coefficient (Wildman–Crippen LogP) is 2.62. The lowest BCUT2D eigenvalue weighted by molar-refractivity contribution is 0.187. The maximum absolute atomic E-state index is 10.2. The van der Waals surface area contributed by atoms with Gasteiger partial charge in [0.25, 0.3) is 0 Å². The van der Waals surface area contributed by atoms with E-state index in [1.165, 1.54) is 6.54 Å². The first-order valence-electron chi connectivity index (χ1n) is 10.2. The van der Waals surface area contributed by atoms with Gasteiger partial charge in [-0.2, -0.15) is 0 Å². The third kappa shape index (κ3) is 6.94. The van der Waals surface area contributed by atoms with E-state index < -0.39 is 0 Å². The van der Waals surface area contributed by atoms with E-state index in [2.05, 4.69) is 36.3 Å². The summed E-state index contributed by atoms with van der Waals surface area (Å²) in [5, 5.41) is 17.1. The van der Waals surface area contributed by atoms with Crippen LogP contribution in [0.3, 0.4) is 0 Å². The Morgan fingerprint density at radius 1 is 1.33 bits per heavy atom. The number of phenols is 1. The summed E-state index contributed by atoms with van der Waals surface area (Å²) in [6, 6.07) is 6.04. The van der Waals surface area contributed by atoms with E-state index in [0.717, 1.165) is 49.9 Å². The molecule has 1 fully saturated rings. The minimum absolute atomic E-state index is 0.214. The molecule has 0 atom stereocenters. The zero-order valence-electron chi connectivity index (χ0n) is 17.3. The normalized spacial score (nSPS) is 16.6. The summed E-state index contributed by atoms with van der Waals surface area (Å²) in [6.07, 6.45) is 2.97. The minimum atomic E-state index is 0.214. The first-order valence-corrected chi connectivity index (χ1v) is 10.2. The van der Waals surface area contributed by atoms with Crippen molar-refractivity contribution in [2.75, 3.05) is 39.8 Å². The summed E-state index contributed by atoms with van der Waals surface area (Å²) in [5.74, 6) is 2.31. The molecule has 0 bridgehead atoms. The van der Waals surface area contributed by atoms with Crippen LogP contribution in [-0.2, 0) is 6.42 Å². The Labute approximate surface area is 164 Å². The summed E-state index contributed by atoms with van der Waals surface area (Å²) in [6.45, 7) is 11.6. The number of benzene rings is 1. The number of piperidine rings is 1. The predicted molar refractivity (Wildman–Crippen MR) is 112 cm³/mol. The Kier molecular flexibility index (Phi) is 8.72. The van der Waals surface area contributed by atoms with Crippen LogP contribution < -0.4 is 15.4 Å². The van der Waals surface area contributed by atoms with Crippen LogP contribution >= 0.6 is 0 Å². The second-order valence-electron chi connectivity index (χ2n) is 7.59. The monoisotopic (exact) mass is 376 g/mol. The van der Waals surface area contributed by atoms with Crippen LogP contribution in [0.25, 0.3) is 0 Å². The number of nitrogens with one attached hydrogen (secondary N) is 2. The summed E-state index contributed by atoms with van der Waals surface area (Å²) in [7, 11) is 1.57. The molecular weight excluding hydrogens is 340 g/mol. The largest absolute Gasteiger partial charge is 0.504 e. The molecule has 0 saturated carbocycles. The number of ether oxygens (including phenoxy) is 1. The van der Waals surface area contributed by atoms with Crippen molar-refractivity contribution in [1.82, 2.24) is 15.5 Å². The second-order valence-corrected chi connectivity index (χ2v) is 7.59. The van der Waals surface area contributed by atoms with Gasteiger partial charge in [-0.05, 0) is 43.7 Å². The molecule has 1 aromatic rings. The lowest BCUT2D eigenvalue weighted by Gasteiger charge is -2.34. The number of para-hydroxylation sites is 1. The quantitative estimate of drug-likeness (QED) is 0.481. The molecule has 6 heteroatoms. The van der Waals surface area contributed by atoms with Crippen molar-refractivity contribution in [2.24, 2.45) is 10.9 Å². The van der Waals surface area contributed by atoms with Crippen molar-refractivity contribution >= 4 is 5.96 Å². The molecule has 0 spiro atoms. The van der Waals surface area contributed by atoms with Gasteiger partial charge in [0.2, 0.25) is 0 Å². The number of aromatic hydroxyl groups is 1. The number of hydrogen-bond acceptors (Lipinski definition) is 4. The Morgan fingerprint density at radius 3 is 2.70 bits per heavy atom. The molecule has 1 saturated heterocycles. The molecule has 0 aromatic heterocycles. The molecule has 0 amide bonds. The number of rotatable bonds is 8. The van der Waals surface area contributed by atoms with Crippen LogP contribution in [0, 0.1) is 5.92 Å². The topological polar surface area (TPSA) is 69.1 Å². The minimum Gasteiger partial charge on any atom is -0.504 e. The Hall–Kier alpha value is -1.95. The Morgan fingerprint density at radius 2 is 2.07 bits per heavy atom. The van der Waals surface area contributed by atoms with E-state index in [1.54, 1.807) is 13.2 Å². The first kappa shape index (κ1) is 21.4. The van der Waals surface area contributed by atoms with Crippen molar-refractivity contribution in [2.45, 2.75) is 46.1 Å². The Bertz CT molecular complexity index is 596. The molecular formula is C21H36N4O2. The van der Waals surface area contributed by atoms with Crippen molar-refractivity contribution in [3.63, 3.8) is 0 Å². The highest BCUT2D eigenvalue weighted by Gasteiger charge is 2.20. The number of methoxy groups -OCH3 is 1. The third-order valence-electron chi connectivity index (χ3n) is 4.85. The maximum Gasteiger partial charge on any atom is 0.191 e. The fourth-order valence-electron chi connectivity index (χ4n) is 3.51. The molecule has 2 rings (SSSR count). The molecule has 27 heavy (non-hydrogen) atoms. The van der Waals surface area contributed by atoms with Gasteiger partial charge in [-0.25, -0.2) is 0 Å². The molecule has 1 aliphatic heterocycles. The molecule has 3 N–H and O–H groups in total. The molecule has 0 unspecified atom stereocenters. The average Bonchev–Trinajstić information content (AvgIpc) is 2.64. The van der Waals surface area contributed by atoms with Gasteiger partial charge in [0.1, 0.15) is 0 Å². The van der Waals surface area contributed by atoms with Crippen molar-refractivity contribution in [1.29, 1.82) is 0 Å². The summed E-state index contributed by atoms with van der Waals surface area (Å²) >= 11 is 0. The number of hydrogen-bond donors (Lipinski definition) is 3. The summed E-state index contributed by atoms with van der Waals surface area (Å²) < 4.78 is 5.17. The van der Waals surface area contributed by atoms with Crippen molar-refractivity contribution < 1.29 is 9.84 Å². The highest BCUT2D eigenvalue weighted by atomic mass is 16.5. The van der Waals surface area contributed by atoms with Gasteiger partial charge >= 0.3 is 0 Å². The van der Waals surface area contributed by atoms with Gasteiger partial charge in [0, 0.05) is 38.8 Å². The fraction of sp³-hybridized carbons (Fsp3) is 0.667. The van der Waals surface area contributed by atoms with Gasteiger partial charge in [-0.3, -0.25) is 4.99 Å². The van der Waals surface area contributed by atoms with Crippen molar-refractivity contribution in [3.8, 4) is 11.5 Å². The van der Waals surface area contributed by atoms with Crippen LogP contribution in [-0.4, -0.2) is 61.8 Å². The average molecular weight is 377 g/mol. The van der Waals surface area contributed by atoms with Gasteiger partial charge < -0.3 is 25.4 Å². The van der Waals surface area contributed by atoms with Gasteiger partial charge in [-0.15, -0.1) is 0 Å². The van der Waals surface area contributed by atoms with E-state index in [9.17, 15) is 5.11 Å². The fourth-order valence-corrected chi connectivity index (χ4v) is 3.51. The lowest BCUT2D eigenvalue weighted by atomic mass is 10.0. The highest BCUT2D eigenvalue weighted by molar-refractivity contribution is 5.80. The number of likely N-dealkylation sites (tertiary alicyclic amines) is 1. The van der Waals surface area contributed by atoms with Crippen LogP contribution in [0.15, 0.2) is 23.2 Å². The second kappa shape index (κ2) is 11.0. The van der Waals surface area contributed by atoms with Crippen LogP contribution in [0.4, 0.5) is 0 Å². The van der Waals surface area contributed by atoms with Crippen LogP contribution in [0.1, 0.15) is 39.2 Å². The van der Waals surface area contributed by atoms with E-state index in [4.69, 9.17) is 9.73 Å². The van der Waals surface area contributed by atoms with Gasteiger partial charge in [-0.1, -0.05) is 26.0 Å². The number of aliphatic imine (C=N–C) groups is 1. The van der Waals surface area contributed by atoms with Gasteiger partial charge in [0.15, 0.2) is 17.5 Å². The molecule has 152 valence electrons. The number of guanidine groups is 1. The van der Waals surface area contributed by atoms with E-state index in [-0.39, 0.29) is 5.75 Å². The van der Waals surface area contributed by atoms with Gasteiger partial charge in [0.05, 0.1) is 7.11 Å². The molecule has 1 aromatic carbocycles. The van der Waals surface area contributed by atoms with Crippen molar-refractivity contribution in [3.05, 3.63) is 23.8 Å². The molecule has 1 heterocycles. The van der Waals surface area contributed by atoms with E-state index >= 15 is 0 Å². The molecule has 0 radical (unpaired) electrons. The number of phenolic OH excluding ortho intramolecular Hbond substituents is 1. The SMILES string of the molecule is CCNC(=NCCc1cccc(OC)c1O)NC1CCN(CC(C)C)CC1. The maximum atomic E-state index is 10.2. The van der Waals surface area contributed by atoms with Crippen LogP contribution in [0.5, 0.6) is 11.5 Å². The smallest absolute Gasteiger partial charge is 0.191 e. The summed E-state index contributed by atoms with van der Waals surface area (Å²) in [5.41, 5.74) is 0.857. The Balaban J connectivity index is 1.86. The lowest BCUT2D eigenvalue weighted by Crippen LogP contribution is -2.49. The zero-order chi connectivity index (χ0) is 19.6. The van der Waals surface area contributed by atoms with Crippen LogP contribution in [0.2, 0.25) is 0 Å². The third-order valence-corrected chi connectivity index (χ3v) is 4.85. The van der Waals surface area contributed by atoms with E-state index in [0.29, 0.717) is 24.8 Å². The van der Waals surface area contributed by atoms with E-state index in [1.807, 2.05) is 12.1 Å². The standard InChI is InChI=1S/C21H36N4O2/c1-5-22-21(24-18-10-13-25(14-11-18)15-16(2)3)23-12-9-17-7-6-8-19(27-4)20(17)26/h6-8,16,18,26H,5,9-15H2,1-4H3,(H2,22,23,24). The zero-order valence-corrected chi connectivity index (χ0v) is 17.3. The summed E-state index contributed by atoms with van der Waals surface area (Å²) in [4.78, 5) is 7.25. The molecule has 1 aliphatic rings. The number of nitrogens with zero attached hydrogens (tertiary/aromatic N) is 2.